The Kier molecular flexibility index (Phi) is 5.73. The zero-order valence-electron chi connectivity index (χ0n) is 17.5. The van der Waals surface area contributed by atoms with Crippen molar-refractivity contribution in [2.45, 2.75) is 58.3 Å². The fourth-order valence-electron chi connectivity index (χ4n) is 3.16. The lowest BCUT2D eigenvalue weighted by Gasteiger charge is -2.35. The van der Waals surface area contributed by atoms with Gasteiger partial charge in [0.25, 0.3) is 0 Å². The summed E-state index contributed by atoms with van der Waals surface area (Å²) in [6.07, 6.45) is 9.25. The van der Waals surface area contributed by atoms with Gasteiger partial charge >= 0.3 is 0 Å². The molecule has 2 aromatic rings. The normalized spacial score (nSPS) is 14.6. The Labute approximate surface area is 156 Å². The minimum absolute atomic E-state index is 0.232. The van der Waals surface area contributed by atoms with Crippen LogP contribution in [0.15, 0.2) is 41.4 Å². The molecule has 0 saturated heterocycles. The first-order chi connectivity index (χ1) is 11.4. The van der Waals surface area contributed by atoms with E-state index in [9.17, 15) is 0 Å². The first kappa shape index (κ1) is 20.0. The molecule has 1 atom stereocenters. The topological polar surface area (TPSA) is 12.9 Å². The van der Waals surface area contributed by atoms with Crippen molar-refractivity contribution >= 4 is 10.0 Å². The van der Waals surface area contributed by atoms with E-state index in [1.807, 2.05) is 0 Å². The Hall–Kier alpha value is -1.28. The monoisotopic (exact) mass is 357 g/mol. The fraction of sp³-hybridized carbons (Fsp3) is 0.522. The van der Waals surface area contributed by atoms with Crippen LogP contribution < -0.4 is 0 Å². The number of hydrogen-bond donors (Lipinski definition) is 0. The van der Waals surface area contributed by atoms with Crippen molar-refractivity contribution in [3.8, 4) is 11.3 Å². The Balaban J connectivity index is 2.69. The van der Waals surface area contributed by atoms with Crippen LogP contribution in [0.25, 0.3) is 11.3 Å². The van der Waals surface area contributed by atoms with Crippen LogP contribution in [0.1, 0.15) is 64.5 Å². The number of nitrogens with zero attached hydrogens (tertiary/aromatic N) is 1. The molecule has 0 fully saturated rings. The van der Waals surface area contributed by atoms with Crippen LogP contribution in [0, 0.1) is 5.41 Å². The van der Waals surface area contributed by atoms with E-state index in [1.54, 1.807) is 0 Å². The van der Waals surface area contributed by atoms with E-state index >= 15 is 0 Å². The molecule has 1 aromatic carbocycles. The third-order valence-corrected chi connectivity index (χ3v) is 6.84. The SMILES string of the molecule is CC(C)c1ccccc1-c1cc(C(C)C(C)(C)C)c(S(C)(C)C)cn1. The van der Waals surface area contributed by atoms with Gasteiger partial charge in [-0.05, 0) is 53.2 Å². The molecule has 2 heteroatoms. The third-order valence-electron chi connectivity index (χ3n) is 5.18. The molecule has 0 aliphatic carbocycles. The summed E-state index contributed by atoms with van der Waals surface area (Å²) < 4.78 is 0. The quantitative estimate of drug-likeness (QED) is 0.570. The molecule has 0 spiro atoms. The number of hydrogen-bond acceptors (Lipinski definition) is 1. The predicted octanol–water partition coefficient (Wildman–Crippen LogP) is 7.07. The molecule has 0 radical (unpaired) electrons. The molecule has 138 valence electrons. The Morgan fingerprint density at radius 1 is 0.920 bits per heavy atom. The second-order valence-electron chi connectivity index (χ2n) is 9.27. The van der Waals surface area contributed by atoms with Gasteiger partial charge < -0.3 is 0 Å². The van der Waals surface area contributed by atoms with Crippen molar-refractivity contribution < 1.29 is 0 Å². The molecule has 0 saturated carbocycles. The van der Waals surface area contributed by atoms with Gasteiger partial charge in [0.15, 0.2) is 0 Å². The maximum atomic E-state index is 4.90. The summed E-state index contributed by atoms with van der Waals surface area (Å²) in [7, 11) is -0.827. The van der Waals surface area contributed by atoms with Crippen LogP contribution in [0.3, 0.4) is 0 Å². The maximum absolute atomic E-state index is 4.90. The van der Waals surface area contributed by atoms with E-state index < -0.39 is 10.0 Å². The Bertz CT molecular complexity index is 732. The molecular formula is C23H35NS. The number of benzene rings is 1. The van der Waals surface area contributed by atoms with E-state index in [2.05, 4.69) is 96.8 Å². The first-order valence-corrected chi connectivity index (χ1v) is 12.1. The lowest BCUT2D eigenvalue weighted by Crippen LogP contribution is -2.17. The lowest BCUT2D eigenvalue weighted by atomic mass is 9.77. The van der Waals surface area contributed by atoms with Crippen LogP contribution in [0.5, 0.6) is 0 Å². The summed E-state index contributed by atoms with van der Waals surface area (Å²) in [5.74, 6) is 0.983. The predicted molar refractivity (Wildman–Crippen MR) is 115 cm³/mol. The molecule has 0 aliphatic heterocycles. The highest BCUT2D eigenvalue weighted by molar-refractivity contribution is 8.32. The minimum atomic E-state index is -0.827. The van der Waals surface area contributed by atoms with Gasteiger partial charge in [0, 0.05) is 16.7 Å². The molecule has 1 aromatic heterocycles. The molecule has 0 amide bonds. The summed E-state index contributed by atoms with van der Waals surface area (Å²) in [5, 5.41) is 0. The highest BCUT2D eigenvalue weighted by Gasteiger charge is 2.27. The molecule has 1 unspecified atom stereocenters. The van der Waals surface area contributed by atoms with Crippen molar-refractivity contribution in [2.24, 2.45) is 5.41 Å². The summed E-state index contributed by atoms with van der Waals surface area (Å²) in [5.41, 5.74) is 5.47. The van der Waals surface area contributed by atoms with Gasteiger partial charge in [0.05, 0.1) is 5.69 Å². The van der Waals surface area contributed by atoms with Crippen LogP contribution >= 0.6 is 10.0 Å². The third kappa shape index (κ3) is 4.47. The summed E-state index contributed by atoms with van der Waals surface area (Å²) in [6, 6.07) is 11.1. The molecule has 2 rings (SSSR count). The Morgan fingerprint density at radius 2 is 1.52 bits per heavy atom. The Morgan fingerprint density at radius 3 is 2.04 bits per heavy atom. The highest BCUT2D eigenvalue weighted by Crippen LogP contribution is 2.51. The summed E-state index contributed by atoms with van der Waals surface area (Å²) >= 11 is 0. The van der Waals surface area contributed by atoms with Crippen LogP contribution in [-0.4, -0.2) is 23.8 Å². The molecule has 0 N–H and O–H groups in total. The average molecular weight is 358 g/mol. The standard InChI is InChI=1S/C23H35NS/c1-16(2)18-12-10-11-13-19(18)21-14-20(17(3)23(4,5)6)22(15-24-21)25(7,8)9/h10-17H,1-9H3. The molecule has 1 heterocycles. The first-order valence-electron chi connectivity index (χ1n) is 9.20. The summed E-state index contributed by atoms with van der Waals surface area (Å²) in [6.45, 7) is 13.9. The molecule has 0 bridgehead atoms. The number of rotatable bonds is 4. The van der Waals surface area contributed by atoms with Gasteiger partial charge in [-0.3, -0.25) is 4.98 Å². The van der Waals surface area contributed by atoms with E-state index in [1.165, 1.54) is 21.6 Å². The molecule has 0 aliphatic rings. The van der Waals surface area contributed by atoms with Gasteiger partial charge in [0.2, 0.25) is 0 Å². The van der Waals surface area contributed by atoms with Gasteiger partial charge in [-0.2, -0.15) is 0 Å². The number of pyridine rings is 1. The van der Waals surface area contributed by atoms with Crippen molar-refractivity contribution in [1.82, 2.24) is 4.98 Å². The van der Waals surface area contributed by atoms with E-state index in [4.69, 9.17) is 4.98 Å². The zero-order chi connectivity index (χ0) is 19.0. The largest absolute Gasteiger partial charge is 0.255 e. The summed E-state index contributed by atoms with van der Waals surface area (Å²) in [4.78, 5) is 6.35. The molecular weight excluding hydrogens is 322 g/mol. The van der Waals surface area contributed by atoms with Crippen molar-refractivity contribution in [3.63, 3.8) is 0 Å². The zero-order valence-corrected chi connectivity index (χ0v) is 18.3. The second kappa shape index (κ2) is 7.15. The van der Waals surface area contributed by atoms with Gasteiger partial charge in [-0.25, -0.2) is 10.0 Å². The second-order valence-corrected chi connectivity index (χ2v) is 13.4. The van der Waals surface area contributed by atoms with E-state index in [0.29, 0.717) is 11.8 Å². The van der Waals surface area contributed by atoms with Crippen molar-refractivity contribution in [1.29, 1.82) is 0 Å². The lowest BCUT2D eigenvalue weighted by molar-refractivity contribution is 0.336. The smallest absolute Gasteiger partial charge is 0.0708 e. The van der Waals surface area contributed by atoms with Gasteiger partial charge in [-0.1, -0.05) is 65.8 Å². The highest BCUT2D eigenvalue weighted by atomic mass is 32.3. The molecule has 25 heavy (non-hydrogen) atoms. The van der Waals surface area contributed by atoms with Gasteiger partial charge in [0.1, 0.15) is 0 Å². The van der Waals surface area contributed by atoms with Gasteiger partial charge in [-0.15, -0.1) is 0 Å². The van der Waals surface area contributed by atoms with Crippen molar-refractivity contribution in [3.05, 3.63) is 47.7 Å². The molecule has 1 nitrogen and oxygen atoms in total. The average Bonchev–Trinajstić information content (AvgIpc) is 2.51. The maximum Gasteiger partial charge on any atom is 0.0708 e. The van der Waals surface area contributed by atoms with Crippen LogP contribution in [0.2, 0.25) is 0 Å². The number of aromatic nitrogens is 1. The van der Waals surface area contributed by atoms with E-state index in [-0.39, 0.29) is 5.41 Å². The van der Waals surface area contributed by atoms with Crippen LogP contribution in [0.4, 0.5) is 0 Å². The minimum Gasteiger partial charge on any atom is -0.255 e. The van der Waals surface area contributed by atoms with E-state index in [0.717, 1.165) is 5.69 Å². The fourth-order valence-corrected chi connectivity index (χ4v) is 4.47. The van der Waals surface area contributed by atoms with Crippen LogP contribution in [-0.2, 0) is 0 Å². The van der Waals surface area contributed by atoms with Crippen molar-refractivity contribution in [2.75, 3.05) is 18.8 Å².